The average Bonchev–Trinajstić information content (AvgIpc) is 2.63. The van der Waals surface area contributed by atoms with Crippen LogP contribution in [-0.2, 0) is 9.59 Å². The van der Waals surface area contributed by atoms with Crippen molar-refractivity contribution in [3.63, 3.8) is 0 Å². The largest absolute Gasteiger partial charge is 0.368 e. The average molecular weight is 263 g/mol. The molecule has 0 aromatic heterocycles. The lowest BCUT2D eigenvalue weighted by Gasteiger charge is -2.24. The fourth-order valence-electron chi connectivity index (χ4n) is 1.68. The highest BCUT2D eigenvalue weighted by Gasteiger charge is 2.34. The summed E-state index contributed by atoms with van der Waals surface area (Å²) in [6, 6.07) is -0.394. The topological polar surface area (TPSA) is 63.4 Å². The smallest absolute Gasteiger partial charge is 0.240 e. The van der Waals surface area contributed by atoms with Crippen molar-refractivity contribution in [2.75, 3.05) is 6.54 Å². The molecule has 2 N–H and O–H groups in total. The Labute approximate surface area is 91.9 Å². The lowest BCUT2D eigenvalue weighted by Crippen LogP contribution is -2.46. The number of rotatable bonds is 3. The van der Waals surface area contributed by atoms with Gasteiger partial charge in [0.25, 0.3) is 0 Å². The van der Waals surface area contributed by atoms with Gasteiger partial charge in [0.05, 0.1) is 4.83 Å². The molecule has 1 aliphatic heterocycles. The predicted octanol–water partition coefficient (Wildman–Crippen LogP) is 0.636. The molecule has 1 fully saturated rings. The van der Waals surface area contributed by atoms with Crippen LogP contribution in [0.5, 0.6) is 0 Å². The molecule has 1 rings (SSSR count). The van der Waals surface area contributed by atoms with E-state index in [1.807, 2.05) is 6.92 Å². The maximum atomic E-state index is 11.8. The summed E-state index contributed by atoms with van der Waals surface area (Å²) in [6.07, 6.45) is 2.29. The van der Waals surface area contributed by atoms with Gasteiger partial charge in [-0.05, 0) is 19.3 Å². The number of hydrogen-bond acceptors (Lipinski definition) is 2. The highest BCUT2D eigenvalue weighted by atomic mass is 79.9. The molecule has 1 aliphatic rings. The molecule has 2 atom stereocenters. The molecular weight excluding hydrogens is 248 g/mol. The van der Waals surface area contributed by atoms with Crippen molar-refractivity contribution in [2.24, 2.45) is 5.73 Å². The van der Waals surface area contributed by atoms with E-state index in [4.69, 9.17) is 5.73 Å². The predicted molar refractivity (Wildman–Crippen MR) is 56.9 cm³/mol. The van der Waals surface area contributed by atoms with Crippen LogP contribution in [0.3, 0.4) is 0 Å². The van der Waals surface area contributed by atoms with Crippen LogP contribution in [0.4, 0.5) is 0 Å². The van der Waals surface area contributed by atoms with Crippen LogP contribution >= 0.6 is 15.9 Å². The maximum absolute atomic E-state index is 11.8. The molecule has 1 heterocycles. The number of carbonyl (C=O) groups excluding carboxylic acids is 2. The third-order valence-corrected chi connectivity index (χ3v) is 3.53. The SMILES string of the molecule is CCC(Br)C(=O)N1CCCC1C(N)=O. The molecule has 2 amide bonds. The van der Waals surface area contributed by atoms with Crippen molar-refractivity contribution < 1.29 is 9.59 Å². The van der Waals surface area contributed by atoms with Crippen molar-refractivity contribution in [3.05, 3.63) is 0 Å². The number of halogens is 1. The minimum absolute atomic E-state index is 0.0196. The Hall–Kier alpha value is -0.580. The van der Waals surface area contributed by atoms with Gasteiger partial charge in [-0.2, -0.15) is 0 Å². The van der Waals surface area contributed by atoms with Gasteiger partial charge in [0.15, 0.2) is 0 Å². The van der Waals surface area contributed by atoms with Crippen LogP contribution in [-0.4, -0.2) is 34.1 Å². The highest BCUT2D eigenvalue weighted by Crippen LogP contribution is 2.20. The number of nitrogens with zero attached hydrogens (tertiary/aromatic N) is 1. The van der Waals surface area contributed by atoms with Gasteiger partial charge in [0.1, 0.15) is 6.04 Å². The van der Waals surface area contributed by atoms with Crippen molar-refractivity contribution in [3.8, 4) is 0 Å². The van der Waals surface area contributed by atoms with E-state index in [1.165, 1.54) is 0 Å². The molecule has 0 aromatic rings. The molecule has 14 heavy (non-hydrogen) atoms. The van der Waals surface area contributed by atoms with E-state index in [2.05, 4.69) is 15.9 Å². The monoisotopic (exact) mass is 262 g/mol. The fourth-order valence-corrected chi connectivity index (χ4v) is 1.94. The molecule has 0 aromatic carbocycles. The van der Waals surface area contributed by atoms with Crippen LogP contribution in [0, 0.1) is 0 Å². The fraction of sp³-hybridized carbons (Fsp3) is 0.778. The van der Waals surface area contributed by atoms with Crippen molar-refractivity contribution in [2.45, 2.75) is 37.1 Å². The van der Waals surface area contributed by atoms with Gasteiger partial charge < -0.3 is 10.6 Å². The first-order valence-corrected chi connectivity index (χ1v) is 5.73. The zero-order chi connectivity index (χ0) is 10.7. The molecule has 80 valence electrons. The van der Waals surface area contributed by atoms with Gasteiger partial charge in [-0.15, -0.1) is 0 Å². The first-order valence-electron chi connectivity index (χ1n) is 4.81. The van der Waals surface area contributed by atoms with Gasteiger partial charge in [-0.25, -0.2) is 0 Å². The van der Waals surface area contributed by atoms with Gasteiger partial charge in [-0.3, -0.25) is 9.59 Å². The van der Waals surface area contributed by atoms with E-state index in [-0.39, 0.29) is 10.7 Å². The van der Waals surface area contributed by atoms with E-state index >= 15 is 0 Å². The Balaban J connectivity index is 2.67. The number of hydrogen-bond donors (Lipinski definition) is 1. The number of carbonyl (C=O) groups is 2. The standard InChI is InChI=1S/C9H15BrN2O2/c1-2-6(10)9(14)12-5-3-4-7(12)8(11)13/h6-7H,2-5H2,1H3,(H2,11,13). The number of nitrogens with two attached hydrogens (primary N) is 1. The lowest BCUT2D eigenvalue weighted by molar-refractivity contribution is -0.136. The summed E-state index contributed by atoms with van der Waals surface area (Å²) < 4.78 is 0. The summed E-state index contributed by atoms with van der Waals surface area (Å²) in [5.74, 6) is -0.416. The molecule has 2 unspecified atom stereocenters. The highest BCUT2D eigenvalue weighted by molar-refractivity contribution is 9.10. The normalized spacial score (nSPS) is 23.6. The second-order valence-electron chi connectivity index (χ2n) is 3.47. The Morgan fingerprint density at radius 1 is 1.64 bits per heavy atom. The van der Waals surface area contributed by atoms with Gasteiger partial charge in [-0.1, -0.05) is 22.9 Å². The first kappa shape index (κ1) is 11.5. The first-order chi connectivity index (χ1) is 6.57. The molecule has 1 saturated heterocycles. The van der Waals surface area contributed by atoms with Crippen molar-refractivity contribution >= 4 is 27.7 Å². The molecule has 5 heteroatoms. The van der Waals surface area contributed by atoms with E-state index in [9.17, 15) is 9.59 Å². The van der Waals surface area contributed by atoms with Crippen LogP contribution in [0.15, 0.2) is 0 Å². The Morgan fingerprint density at radius 2 is 2.29 bits per heavy atom. The zero-order valence-corrected chi connectivity index (χ0v) is 9.79. The Morgan fingerprint density at radius 3 is 2.79 bits per heavy atom. The molecule has 0 bridgehead atoms. The second kappa shape index (κ2) is 4.77. The Bertz CT molecular complexity index is 245. The van der Waals surface area contributed by atoms with Gasteiger partial charge in [0, 0.05) is 6.54 Å². The number of likely N-dealkylation sites (tertiary alicyclic amines) is 1. The number of primary amides is 1. The minimum Gasteiger partial charge on any atom is -0.368 e. The summed E-state index contributed by atoms with van der Waals surface area (Å²) in [4.78, 5) is 24.2. The molecule has 0 aliphatic carbocycles. The minimum atomic E-state index is -0.397. The van der Waals surface area contributed by atoms with Crippen molar-refractivity contribution in [1.29, 1.82) is 0 Å². The van der Waals surface area contributed by atoms with Gasteiger partial charge in [0.2, 0.25) is 11.8 Å². The zero-order valence-electron chi connectivity index (χ0n) is 8.20. The molecule has 4 nitrogen and oxygen atoms in total. The van der Waals surface area contributed by atoms with E-state index in [0.29, 0.717) is 13.0 Å². The van der Waals surface area contributed by atoms with Crippen LogP contribution in [0.25, 0.3) is 0 Å². The van der Waals surface area contributed by atoms with Crippen LogP contribution < -0.4 is 5.73 Å². The molecule has 0 saturated carbocycles. The second-order valence-corrected chi connectivity index (χ2v) is 4.57. The molecule has 0 spiro atoms. The van der Waals surface area contributed by atoms with Crippen LogP contribution in [0.2, 0.25) is 0 Å². The summed E-state index contributed by atoms with van der Waals surface area (Å²) >= 11 is 3.29. The summed E-state index contributed by atoms with van der Waals surface area (Å²) in [5, 5.41) is 0. The quantitative estimate of drug-likeness (QED) is 0.759. The summed E-state index contributed by atoms with van der Waals surface area (Å²) in [7, 11) is 0. The molecule has 0 radical (unpaired) electrons. The van der Waals surface area contributed by atoms with E-state index in [1.54, 1.807) is 4.90 Å². The van der Waals surface area contributed by atoms with Gasteiger partial charge >= 0.3 is 0 Å². The lowest BCUT2D eigenvalue weighted by atomic mass is 10.2. The summed E-state index contributed by atoms with van der Waals surface area (Å²) in [5.41, 5.74) is 5.22. The number of amides is 2. The van der Waals surface area contributed by atoms with E-state index < -0.39 is 11.9 Å². The summed E-state index contributed by atoms with van der Waals surface area (Å²) in [6.45, 7) is 2.57. The Kier molecular flexibility index (Phi) is 3.92. The maximum Gasteiger partial charge on any atom is 0.240 e. The third kappa shape index (κ3) is 2.26. The molecular formula is C9H15BrN2O2. The third-order valence-electron chi connectivity index (χ3n) is 2.49. The van der Waals surface area contributed by atoms with Crippen LogP contribution in [0.1, 0.15) is 26.2 Å². The van der Waals surface area contributed by atoms with Crippen molar-refractivity contribution in [1.82, 2.24) is 4.90 Å². The number of alkyl halides is 1. The van der Waals surface area contributed by atoms with E-state index in [0.717, 1.165) is 12.8 Å².